The number of hydrogen-bond acceptors (Lipinski definition) is 5. The fraction of sp³-hybridized carbons (Fsp3) is 0.300. The fourth-order valence-electron chi connectivity index (χ4n) is 1.27. The number of nitro groups is 1. The molecule has 0 saturated carbocycles. The second kappa shape index (κ2) is 5.41. The number of rotatable bonds is 5. The molecule has 1 aromatic carbocycles. The molecule has 1 aromatic rings. The molecule has 0 heterocycles. The molecule has 0 bridgehead atoms. The Labute approximate surface area is 108 Å². The maximum Gasteiger partial charge on any atom is 0.324 e. The van der Waals surface area contributed by atoms with Crippen LogP contribution in [-0.4, -0.2) is 25.2 Å². The van der Waals surface area contributed by atoms with Gasteiger partial charge in [-0.25, -0.2) is 13.1 Å². The number of carbonyl (C=O) groups excluding carboxylic acids is 1. The van der Waals surface area contributed by atoms with Crippen LogP contribution in [-0.2, 0) is 14.8 Å². The van der Waals surface area contributed by atoms with E-state index in [0.29, 0.717) is 0 Å². The van der Waals surface area contributed by atoms with Crippen LogP contribution >= 0.6 is 0 Å². The molecule has 0 spiro atoms. The lowest BCUT2D eigenvalue weighted by atomic mass is 10.3. The Morgan fingerprint density at radius 3 is 2.53 bits per heavy atom. The van der Waals surface area contributed by atoms with E-state index in [0.717, 1.165) is 25.1 Å². The average molecular weight is 290 g/mol. The molecule has 0 radical (unpaired) electrons. The third-order valence-corrected chi connectivity index (χ3v) is 3.94. The molecule has 0 aliphatic rings. The molecule has 0 aliphatic carbocycles. The normalized spacial score (nSPS) is 13.0. The van der Waals surface area contributed by atoms with Gasteiger partial charge in [-0.05, 0) is 26.0 Å². The van der Waals surface area contributed by atoms with Gasteiger partial charge in [0, 0.05) is 0 Å². The highest BCUT2D eigenvalue weighted by Gasteiger charge is 2.30. The highest BCUT2D eigenvalue weighted by atomic mass is 32.2. The molecule has 1 N–H and O–H groups in total. The number of nitrogens with one attached hydrogen (secondary N) is 1. The van der Waals surface area contributed by atoms with Crippen LogP contribution in [0.5, 0.6) is 0 Å². The SMILES string of the molecule is CC(=O)C(C)NS(=O)(=O)c1cccc(F)c1[N+](=O)[O-]. The van der Waals surface area contributed by atoms with Gasteiger partial charge in [-0.3, -0.25) is 14.9 Å². The van der Waals surface area contributed by atoms with Gasteiger partial charge < -0.3 is 0 Å². The number of nitro benzene ring substituents is 1. The summed E-state index contributed by atoms with van der Waals surface area (Å²) in [5.74, 6) is -1.73. The van der Waals surface area contributed by atoms with Crippen LogP contribution in [0.15, 0.2) is 23.1 Å². The summed E-state index contributed by atoms with van der Waals surface area (Å²) in [4.78, 5) is 19.8. The van der Waals surface area contributed by atoms with E-state index in [9.17, 15) is 27.7 Å². The quantitative estimate of drug-likeness (QED) is 0.643. The highest BCUT2D eigenvalue weighted by molar-refractivity contribution is 7.89. The van der Waals surface area contributed by atoms with Gasteiger partial charge in [0.2, 0.25) is 15.8 Å². The van der Waals surface area contributed by atoms with E-state index >= 15 is 0 Å². The molecule has 0 amide bonds. The Hall–Kier alpha value is -1.87. The standard InChI is InChI=1S/C10H11FN2O5S/c1-6(7(2)14)12-19(17,18)9-5-3-4-8(11)10(9)13(15)16/h3-6,12H,1-2H3. The van der Waals surface area contributed by atoms with Gasteiger partial charge in [-0.15, -0.1) is 0 Å². The summed E-state index contributed by atoms with van der Waals surface area (Å²) in [5, 5.41) is 10.7. The number of sulfonamides is 1. The Morgan fingerprint density at radius 1 is 1.47 bits per heavy atom. The van der Waals surface area contributed by atoms with Gasteiger partial charge in [0.15, 0.2) is 4.90 Å². The van der Waals surface area contributed by atoms with E-state index in [1.165, 1.54) is 6.92 Å². The van der Waals surface area contributed by atoms with Crippen molar-refractivity contribution in [3.8, 4) is 0 Å². The largest absolute Gasteiger partial charge is 0.324 e. The maximum absolute atomic E-state index is 13.3. The third kappa shape index (κ3) is 3.32. The zero-order valence-electron chi connectivity index (χ0n) is 10.1. The monoisotopic (exact) mass is 290 g/mol. The van der Waals surface area contributed by atoms with Crippen molar-refractivity contribution in [3.05, 3.63) is 34.1 Å². The number of Topliss-reactive ketones (excluding diaryl/α,β-unsaturated/α-hetero) is 1. The van der Waals surface area contributed by atoms with Crippen molar-refractivity contribution in [1.29, 1.82) is 0 Å². The molecule has 1 unspecified atom stereocenters. The highest BCUT2D eigenvalue weighted by Crippen LogP contribution is 2.26. The average Bonchev–Trinajstić information content (AvgIpc) is 2.27. The van der Waals surface area contributed by atoms with E-state index in [1.54, 1.807) is 0 Å². The van der Waals surface area contributed by atoms with Gasteiger partial charge in [-0.1, -0.05) is 6.07 Å². The number of halogens is 1. The Balaban J connectivity index is 3.34. The predicted molar refractivity (Wildman–Crippen MR) is 63.5 cm³/mol. The molecule has 0 aromatic heterocycles. The minimum Gasteiger partial charge on any atom is -0.298 e. The topological polar surface area (TPSA) is 106 Å². The molecule has 0 saturated heterocycles. The molecular formula is C10H11FN2O5S. The molecule has 104 valence electrons. The summed E-state index contributed by atoms with van der Waals surface area (Å²) in [6, 6.07) is 1.66. The lowest BCUT2D eigenvalue weighted by molar-refractivity contribution is -0.390. The molecule has 9 heteroatoms. The van der Waals surface area contributed by atoms with Crippen molar-refractivity contribution in [3.63, 3.8) is 0 Å². The number of hydrogen-bond donors (Lipinski definition) is 1. The van der Waals surface area contributed by atoms with Gasteiger partial charge >= 0.3 is 5.69 Å². The summed E-state index contributed by atoms with van der Waals surface area (Å²) >= 11 is 0. The lowest BCUT2D eigenvalue weighted by Gasteiger charge is -2.11. The van der Waals surface area contributed by atoms with Crippen molar-refractivity contribution in [2.45, 2.75) is 24.8 Å². The molecule has 0 fully saturated rings. The van der Waals surface area contributed by atoms with Crippen LogP contribution in [0.1, 0.15) is 13.8 Å². The number of benzene rings is 1. The zero-order chi connectivity index (χ0) is 14.8. The summed E-state index contributed by atoms with van der Waals surface area (Å²) < 4.78 is 39.1. The van der Waals surface area contributed by atoms with Crippen molar-refractivity contribution in [2.75, 3.05) is 0 Å². The fourth-order valence-corrected chi connectivity index (χ4v) is 2.71. The van der Waals surface area contributed by atoms with Crippen LogP contribution in [0.25, 0.3) is 0 Å². The van der Waals surface area contributed by atoms with Crippen LogP contribution < -0.4 is 4.72 Å². The molecule has 1 rings (SSSR count). The molecule has 19 heavy (non-hydrogen) atoms. The molecular weight excluding hydrogens is 279 g/mol. The van der Waals surface area contributed by atoms with E-state index in [4.69, 9.17) is 0 Å². The first-order valence-electron chi connectivity index (χ1n) is 5.12. The van der Waals surface area contributed by atoms with Crippen molar-refractivity contribution >= 4 is 21.5 Å². The van der Waals surface area contributed by atoms with E-state index < -0.39 is 43.2 Å². The smallest absolute Gasteiger partial charge is 0.298 e. The zero-order valence-corrected chi connectivity index (χ0v) is 10.9. The Kier molecular flexibility index (Phi) is 4.32. The second-order valence-electron chi connectivity index (χ2n) is 3.80. The van der Waals surface area contributed by atoms with Gasteiger partial charge in [-0.2, -0.15) is 4.39 Å². The third-order valence-electron chi connectivity index (χ3n) is 2.36. The number of nitrogens with zero attached hydrogens (tertiary/aromatic N) is 1. The van der Waals surface area contributed by atoms with Crippen LogP contribution in [0.4, 0.5) is 10.1 Å². The number of para-hydroxylation sites is 1. The molecule has 0 aliphatic heterocycles. The van der Waals surface area contributed by atoms with Crippen molar-refractivity contribution in [1.82, 2.24) is 4.72 Å². The summed E-state index contributed by atoms with van der Waals surface area (Å²) in [7, 11) is -4.36. The van der Waals surface area contributed by atoms with Gasteiger partial charge in [0.25, 0.3) is 0 Å². The summed E-state index contributed by atoms with van der Waals surface area (Å²) in [5.41, 5.74) is -1.15. The van der Waals surface area contributed by atoms with E-state index in [-0.39, 0.29) is 0 Å². The van der Waals surface area contributed by atoms with Crippen molar-refractivity contribution in [2.24, 2.45) is 0 Å². The summed E-state index contributed by atoms with van der Waals surface area (Å²) in [6.07, 6.45) is 0. The maximum atomic E-state index is 13.3. The molecule has 1 atom stereocenters. The van der Waals surface area contributed by atoms with Crippen LogP contribution in [0.3, 0.4) is 0 Å². The van der Waals surface area contributed by atoms with Crippen LogP contribution in [0.2, 0.25) is 0 Å². The minimum absolute atomic E-state index is 0.470. The first-order valence-corrected chi connectivity index (χ1v) is 6.61. The first-order chi connectivity index (χ1) is 8.66. The van der Waals surface area contributed by atoms with Gasteiger partial charge in [0.05, 0.1) is 11.0 Å². The van der Waals surface area contributed by atoms with E-state index in [1.807, 2.05) is 4.72 Å². The van der Waals surface area contributed by atoms with E-state index in [2.05, 4.69) is 0 Å². The second-order valence-corrected chi connectivity index (χ2v) is 5.48. The molecule has 7 nitrogen and oxygen atoms in total. The van der Waals surface area contributed by atoms with Crippen molar-refractivity contribution < 1.29 is 22.5 Å². The lowest BCUT2D eigenvalue weighted by Crippen LogP contribution is -2.37. The Bertz CT molecular complexity index is 629. The predicted octanol–water partition coefficient (Wildman–Crippen LogP) is 0.990. The van der Waals surface area contributed by atoms with Crippen LogP contribution in [0, 0.1) is 15.9 Å². The Morgan fingerprint density at radius 2 is 2.05 bits per heavy atom. The van der Waals surface area contributed by atoms with Gasteiger partial charge in [0.1, 0.15) is 5.78 Å². The summed E-state index contributed by atoms with van der Waals surface area (Å²) in [6.45, 7) is 2.44. The number of ketones is 1. The first kappa shape index (κ1) is 15.2. The minimum atomic E-state index is -4.36. The number of carbonyl (C=O) groups is 1.